The third-order valence-corrected chi connectivity index (χ3v) is 11.9. The highest BCUT2D eigenvalue weighted by molar-refractivity contribution is 8.41. The fourth-order valence-corrected chi connectivity index (χ4v) is 8.72. The lowest BCUT2D eigenvalue weighted by molar-refractivity contribution is 0.180. The molecule has 12 atom stereocenters. The second kappa shape index (κ2) is 47.2. The molecule has 0 aromatic heterocycles. The highest BCUT2D eigenvalue weighted by atomic mass is 32.4. The van der Waals surface area contributed by atoms with E-state index < -0.39 is 15.1 Å². The zero-order valence-corrected chi connectivity index (χ0v) is 45.6. The molecule has 0 aliphatic heterocycles. The summed E-state index contributed by atoms with van der Waals surface area (Å²) < 4.78 is 23.1. The highest BCUT2D eigenvalue weighted by Crippen LogP contribution is 2.55. The molecular weight excluding hydrogens is 864 g/mol. The topological polar surface area (TPSA) is 36.9 Å². The summed E-state index contributed by atoms with van der Waals surface area (Å²) in [6.45, 7) is 13.2. The van der Waals surface area contributed by atoms with Crippen molar-refractivity contribution in [2.24, 2.45) is 11.8 Å². The van der Waals surface area contributed by atoms with Crippen molar-refractivity contribution in [3.05, 3.63) is 122 Å². The lowest BCUT2D eigenvalue weighted by atomic mass is 9.98. The average Bonchev–Trinajstić information content (AvgIpc) is 3.19. The number of hydrogen-bond acceptors (Lipinski definition) is 4. The zero-order chi connectivity index (χ0) is 43.5. The summed E-state index contributed by atoms with van der Waals surface area (Å²) in [5, 5.41) is 0. The van der Waals surface area contributed by atoms with Crippen molar-refractivity contribution in [2.75, 3.05) is 0 Å². The van der Waals surface area contributed by atoms with Gasteiger partial charge in [-0.15, -0.1) is 0 Å². The van der Waals surface area contributed by atoms with Gasteiger partial charge in [0, 0.05) is 30.8 Å². The quantitative estimate of drug-likeness (QED) is 0.0279. The van der Waals surface area contributed by atoms with Gasteiger partial charge >= 0.3 is 0 Å². The monoisotopic (exact) mass is 948 g/mol. The van der Waals surface area contributed by atoms with Crippen molar-refractivity contribution >= 4 is 69.7 Å². The highest BCUT2D eigenvalue weighted by Gasteiger charge is 2.14. The van der Waals surface area contributed by atoms with Gasteiger partial charge in [-0.05, 0) is 38.5 Å². The predicted molar refractivity (Wildman–Crippen MR) is 289 cm³/mol. The zero-order valence-electron chi connectivity index (χ0n) is 36.9. The molecule has 0 heterocycles. The van der Waals surface area contributed by atoms with Gasteiger partial charge in [-0.2, -0.15) is 0 Å². The van der Waals surface area contributed by atoms with E-state index in [1.54, 1.807) is 0 Å². The molecule has 0 saturated carbocycles. The third kappa shape index (κ3) is 42.0. The van der Waals surface area contributed by atoms with E-state index in [1.807, 2.05) is 0 Å². The van der Waals surface area contributed by atoms with Crippen LogP contribution in [-0.4, -0.2) is 24.4 Å². The number of unbranched alkanes of at least 4 members (excludes halogenated alkanes) is 6. The molecule has 0 radical (unpaired) electrons. The minimum atomic E-state index is -0.580. The van der Waals surface area contributed by atoms with E-state index in [9.17, 15) is 0 Å². The molecule has 332 valence electrons. The van der Waals surface area contributed by atoms with Crippen molar-refractivity contribution in [1.82, 2.24) is 0 Å². The summed E-state index contributed by atoms with van der Waals surface area (Å²) in [6.07, 6.45) is 59.4. The summed E-state index contributed by atoms with van der Waals surface area (Å²) in [7, 11) is 14.6. The summed E-state index contributed by atoms with van der Waals surface area (Å²) in [5.41, 5.74) is 0. The summed E-state index contributed by atoms with van der Waals surface area (Å²) in [5.74, 6) is 0.766. The second-order valence-electron chi connectivity index (χ2n) is 14.0. The molecule has 0 saturated heterocycles. The van der Waals surface area contributed by atoms with E-state index >= 15 is 0 Å². The first-order valence-electron chi connectivity index (χ1n) is 21.4. The van der Waals surface area contributed by atoms with Gasteiger partial charge in [-0.25, -0.2) is 0 Å². The molecule has 0 bridgehead atoms. The maximum absolute atomic E-state index is 5.95. The van der Waals surface area contributed by atoms with Gasteiger partial charge in [-0.1, -0.05) is 250 Å². The predicted octanol–water partition coefficient (Wildman–Crippen LogP) is 17.4. The SMILES string of the molecule is CC/C=C\C/C=C\C=C\C(/C=C/C=C/C(C)C(CCCCCC)OP)OP(P)P.CCC=CCC=CC=CC(C=CC=CC(C)C(CCCCCC)OP)OP(P)P. The van der Waals surface area contributed by atoms with E-state index in [-0.39, 0.29) is 24.4 Å². The fourth-order valence-electron chi connectivity index (χ4n) is 5.42. The Morgan fingerprint density at radius 2 is 0.776 bits per heavy atom. The Labute approximate surface area is 375 Å². The van der Waals surface area contributed by atoms with Gasteiger partial charge in [0.2, 0.25) is 0 Å². The van der Waals surface area contributed by atoms with Crippen LogP contribution >= 0.6 is 69.7 Å². The largest absolute Gasteiger partial charge is 0.362 e. The Bertz CT molecular complexity index is 1120. The Morgan fingerprint density at radius 1 is 0.431 bits per heavy atom. The van der Waals surface area contributed by atoms with Crippen LogP contribution < -0.4 is 0 Å². The van der Waals surface area contributed by atoms with E-state index in [0.29, 0.717) is 11.8 Å². The molecule has 0 fully saturated rings. The van der Waals surface area contributed by atoms with Crippen LogP contribution in [0.2, 0.25) is 0 Å². The summed E-state index contributed by atoms with van der Waals surface area (Å²) in [6, 6.07) is 0. The van der Waals surface area contributed by atoms with Gasteiger partial charge in [0.05, 0.1) is 39.5 Å². The van der Waals surface area contributed by atoms with Crippen molar-refractivity contribution in [3.8, 4) is 0 Å². The molecule has 12 unspecified atom stereocenters. The molecule has 0 rings (SSSR count). The Balaban J connectivity index is 0. The van der Waals surface area contributed by atoms with E-state index in [0.717, 1.165) is 38.5 Å². The number of rotatable bonds is 34. The van der Waals surface area contributed by atoms with Crippen LogP contribution in [0, 0.1) is 11.8 Å². The van der Waals surface area contributed by atoms with Gasteiger partial charge in [0.15, 0.2) is 0 Å². The van der Waals surface area contributed by atoms with Crippen molar-refractivity contribution in [3.63, 3.8) is 0 Å². The van der Waals surface area contributed by atoms with Crippen LogP contribution in [0.4, 0.5) is 0 Å². The average molecular weight is 949 g/mol. The normalized spacial score (nSPS) is 16.4. The first-order chi connectivity index (χ1) is 28.1. The maximum Gasteiger partial charge on any atom is 0.0995 e. The first kappa shape index (κ1) is 60.8. The van der Waals surface area contributed by atoms with Crippen LogP contribution in [-0.2, 0) is 18.1 Å². The van der Waals surface area contributed by atoms with Crippen molar-refractivity contribution < 1.29 is 18.1 Å². The van der Waals surface area contributed by atoms with Gasteiger partial charge in [-0.3, -0.25) is 0 Å². The van der Waals surface area contributed by atoms with Crippen LogP contribution in [0.5, 0.6) is 0 Å². The van der Waals surface area contributed by atoms with Crippen LogP contribution in [0.3, 0.4) is 0 Å². The van der Waals surface area contributed by atoms with E-state index in [2.05, 4.69) is 218 Å². The molecule has 0 aliphatic carbocycles. The Kier molecular flexibility index (Phi) is 49.4. The number of hydrogen-bond donors (Lipinski definition) is 0. The molecule has 0 N–H and O–H groups in total. The molecule has 0 spiro atoms. The van der Waals surface area contributed by atoms with E-state index in [4.69, 9.17) is 18.1 Å². The van der Waals surface area contributed by atoms with Gasteiger partial charge in [0.1, 0.15) is 0 Å². The third-order valence-electron chi connectivity index (χ3n) is 8.79. The molecule has 58 heavy (non-hydrogen) atoms. The Morgan fingerprint density at radius 3 is 1.09 bits per heavy atom. The molecule has 4 nitrogen and oxygen atoms in total. The number of allylic oxidation sites excluding steroid dienone is 14. The van der Waals surface area contributed by atoms with Crippen molar-refractivity contribution in [1.29, 1.82) is 0 Å². The van der Waals surface area contributed by atoms with Gasteiger partial charge < -0.3 is 18.1 Å². The smallest absolute Gasteiger partial charge is 0.0995 e. The summed E-state index contributed by atoms with van der Waals surface area (Å²) >= 11 is 0. The van der Waals surface area contributed by atoms with Gasteiger partial charge in [0.25, 0.3) is 0 Å². The lowest BCUT2D eigenvalue weighted by Gasteiger charge is -2.19. The summed E-state index contributed by atoms with van der Waals surface area (Å²) in [4.78, 5) is 0. The molecule has 0 amide bonds. The molecule has 12 heteroatoms. The standard InChI is InChI=1S/2C23H42O2P4/c2*1-4-6-8-10-11-12-13-18-22(25-29(27)28)19-16-15-17-21(3)23(24-26)20-14-9-7-5-2/h2*6,8,11-13,15-19,21-23H,4-5,7,9-10,14,20,26-28H2,1-3H3/b8-6-,12-11-,17-15+,18-13+,19-16+;. The fraction of sp³-hybridized carbons (Fsp3) is 0.565. The molecule has 0 aliphatic rings. The molecule has 0 aromatic carbocycles. The molecule has 0 aromatic rings. The minimum Gasteiger partial charge on any atom is -0.362 e. The van der Waals surface area contributed by atoms with Crippen LogP contribution in [0.1, 0.15) is 131 Å². The Hall–Kier alpha value is 0.680. The van der Waals surface area contributed by atoms with Crippen LogP contribution in [0.15, 0.2) is 122 Å². The van der Waals surface area contributed by atoms with Crippen LogP contribution in [0.25, 0.3) is 0 Å². The first-order valence-corrected chi connectivity index (χ1v) is 31.3. The van der Waals surface area contributed by atoms with E-state index in [1.165, 1.54) is 51.4 Å². The molecular formula is C46H84O4P8. The minimum absolute atomic E-state index is 0.0327. The second-order valence-corrected chi connectivity index (χ2v) is 26.1. The lowest BCUT2D eigenvalue weighted by Crippen LogP contribution is -2.16. The van der Waals surface area contributed by atoms with Crippen molar-refractivity contribution in [2.45, 2.75) is 156 Å². The maximum atomic E-state index is 5.95.